The van der Waals surface area contributed by atoms with Crippen LogP contribution in [0.5, 0.6) is 5.75 Å². The normalized spacial score (nSPS) is 12.6. The number of benzene rings is 1. The molecule has 0 saturated carbocycles. The molecule has 71 valence electrons. The largest absolute Gasteiger partial charge is 0.489 e. The Balaban J connectivity index is 2.83. The zero-order chi connectivity index (χ0) is 9.84. The highest BCUT2D eigenvalue weighted by Crippen LogP contribution is 2.31. The van der Waals surface area contributed by atoms with Gasteiger partial charge in [-0.2, -0.15) is 0 Å². The molecule has 0 bridgehead atoms. The third-order valence-corrected chi connectivity index (χ3v) is 2.53. The Morgan fingerprint density at radius 3 is 2.85 bits per heavy atom. The van der Waals surface area contributed by atoms with Crippen LogP contribution in [0, 0.1) is 6.07 Å². The van der Waals surface area contributed by atoms with Crippen molar-refractivity contribution >= 4 is 23.2 Å². The molecule has 0 aliphatic heterocycles. The molecule has 1 nitrogen and oxygen atoms in total. The summed E-state index contributed by atoms with van der Waals surface area (Å²) < 4.78 is 5.54. The lowest BCUT2D eigenvalue weighted by molar-refractivity contribution is 0.217. The fraction of sp³-hybridized carbons (Fsp3) is 0.400. The molecule has 1 aromatic carbocycles. The molecule has 1 aromatic rings. The maximum Gasteiger partial charge on any atom is 0.139 e. The van der Waals surface area contributed by atoms with Gasteiger partial charge in [-0.15, -0.1) is 0 Å². The van der Waals surface area contributed by atoms with E-state index in [1.54, 1.807) is 12.1 Å². The first-order chi connectivity index (χ1) is 6.15. The van der Waals surface area contributed by atoms with E-state index in [-0.39, 0.29) is 6.10 Å². The molecule has 0 aliphatic rings. The van der Waals surface area contributed by atoms with Gasteiger partial charge >= 0.3 is 0 Å². The Labute approximate surface area is 88.6 Å². The number of hydrogen-bond acceptors (Lipinski definition) is 1. The maximum atomic E-state index is 5.91. The van der Waals surface area contributed by atoms with Crippen LogP contribution in [0.4, 0.5) is 0 Å². The van der Waals surface area contributed by atoms with Gasteiger partial charge in [0.1, 0.15) is 10.8 Å². The van der Waals surface area contributed by atoms with Crippen molar-refractivity contribution < 1.29 is 4.74 Å². The van der Waals surface area contributed by atoms with Crippen LogP contribution in [0.3, 0.4) is 0 Å². The minimum Gasteiger partial charge on any atom is -0.489 e. The summed E-state index contributed by atoms with van der Waals surface area (Å²) in [7, 11) is 0. The van der Waals surface area contributed by atoms with E-state index in [0.29, 0.717) is 15.8 Å². The van der Waals surface area contributed by atoms with Crippen LogP contribution >= 0.6 is 23.2 Å². The molecule has 0 saturated heterocycles. The molecule has 1 atom stereocenters. The van der Waals surface area contributed by atoms with Crippen molar-refractivity contribution in [2.75, 3.05) is 0 Å². The SMILES string of the molecule is CCC(C)Oc1cc[c]c(Cl)c1Cl. The van der Waals surface area contributed by atoms with Crippen molar-refractivity contribution in [1.82, 2.24) is 0 Å². The Kier molecular flexibility index (Phi) is 3.89. The van der Waals surface area contributed by atoms with Gasteiger partial charge in [-0.05, 0) is 25.5 Å². The summed E-state index contributed by atoms with van der Waals surface area (Å²) >= 11 is 11.7. The minimum absolute atomic E-state index is 0.149. The summed E-state index contributed by atoms with van der Waals surface area (Å²) in [5.74, 6) is 0.625. The Bertz CT molecular complexity index is 286. The summed E-state index contributed by atoms with van der Waals surface area (Å²) in [5.41, 5.74) is 0. The molecule has 1 radical (unpaired) electrons. The van der Waals surface area contributed by atoms with Crippen molar-refractivity contribution in [3.8, 4) is 5.75 Å². The van der Waals surface area contributed by atoms with E-state index < -0.39 is 0 Å². The van der Waals surface area contributed by atoms with E-state index >= 15 is 0 Å². The van der Waals surface area contributed by atoms with Crippen LogP contribution in [0.2, 0.25) is 10.0 Å². The van der Waals surface area contributed by atoms with Crippen molar-refractivity contribution in [3.63, 3.8) is 0 Å². The van der Waals surface area contributed by atoms with Crippen molar-refractivity contribution in [2.24, 2.45) is 0 Å². The minimum atomic E-state index is 0.149. The van der Waals surface area contributed by atoms with Crippen LogP contribution in [-0.2, 0) is 0 Å². The maximum absolute atomic E-state index is 5.91. The smallest absolute Gasteiger partial charge is 0.139 e. The zero-order valence-corrected chi connectivity index (χ0v) is 9.12. The van der Waals surface area contributed by atoms with Crippen LogP contribution < -0.4 is 4.74 Å². The molecule has 0 amide bonds. The average molecular weight is 218 g/mol. The van der Waals surface area contributed by atoms with E-state index in [9.17, 15) is 0 Å². The van der Waals surface area contributed by atoms with E-state index in [0.717, 1.165) is 6.42 Å². The van der Waals surface area contributed by atoms with Crippen molar-refractivity contribution in [3.05, 3.63) is 28.2 Å². The molecule has 0 fully saturated rings. The predicted molar refractivity (Wildman–Crippen MR) is 55.7 cm³/mol. The fourth-order valence-corrected chi connectivity index (χ4v) is 1.14. The lowest BCUT2D eigenvalue weighted by atomic mass is 10.3. The molecule has 1 unspecified atom stereocenters. The third-order valence-electron chi connectivity index (χ3n) is 1.76. The summed E-state index contributed by atoms with van der Waals surface area (Å²) in [6.07, 6.45) is 1.09. The molecular formula is C10H11Cl2O. The van der Waals surface area contributed by atoms with Crippen LogP contribution in [0.25, 0.3) is 0 Å². The van der Waals surface area contributed by atoms with Gasteiger partial charge in [-0.1, -0.05) is 30.1 Å². The molecule has 13 heavy (non-hydrogen) atoms. The Morgan fingerprint density at radius 1 is 1.54 bits per heavy atom. The topological polar surface area (TPSA) is 9.23 Å². The monoisotopic (exact) mass is 217 g/mol. The quantitative estimate of drug-likeness (QED) is 0.745. The van der Waals surface area contributed by atoms with Gasteiger partial charge in [-0.25, -0.2) is 0 Å². The Morgan fingerprint density at radius 2 is 2.23 bits per heavy atom. The fourth-order valence-electron chi connectivity index (χ4n) is 0.826. The first kappa shape index (κ1) is 10.7. The predicted octanol–water partition coefficient (Wildman–Crippen LogP) is 3.97. The second kappa shape index (κ2) is 4.73. The molecule has 0 spiro atoms. The summed E-state index contributed by atoms with van der Waals surface area (Å²) in [6, 6.07) is 6.25. The summed E-state index contributed by atoms with van der Waals surface area (Å²) in [5, 5.41) is 0.840. The highest BCUT2D eigenvalue weighted by atomic mass is 35.5. The first-order valence-corrected chi connectivity index (χ1v) is 4.93. The van der Waals surface area contributed by atoms with Gasteiger partial charge < -0.3 is 4.74 Å². The Hall–Kier alpha value is -0.400. The van der Waals surface area contributed by atoms with Gasteiger partial charge in [0.05, 0.1) is 11.1 Å². The average Bonchev–Trinajstić information content (AvgIpc) is 2.13. The lowest BCUT2D eigenvalue weighted by Gasteiger charge is -2.13. The van der Waals surface area contributed by atoms with Crippen LogP contribution in [-0.4, -0.2) is 6.10 Å². The molecule has 0 N–H and O–H groups in total. The second-order valence-electron chi connectivity index (χ2n) is 2.81. The number of hydrogen-bond donors (Lipinski definition) is 0. The molecule has 0 heterocycles. The molecule has 0 aliphatic carbocycles. The van der Waals surface area contributed by atoms with Crippen molar-refractivity contribution in [1.29, 1.82) is 0 Å². The van der Waals surface area contributed by atoms with Crippen LogP contribution in [0.1, 0.15) is 20.3 Å². The van der Waals surface area contributed by atoms with Crippen LogP contribution in [0.15, 0.2) is 12.1 Å². The van der Waals surface area contributed by atoms with Gasteiger partial charge in [0, 0.05) is 6.07 Å². The van der Waals surface area contributed by atoms with E-state index in [2.05, 4.69) is 13.0 Å². The number of halogens is 2. The summed E-state index contributed by atoms with van der Waals surface area (Å²) in [6.45, 7) is 4.04. The highest BCUT2D eigenvalue weighted by Gasteiger charge is 2.07. The molecular weight excluding hydrogens is 207 g/mol. The summed E-state index contributed by atoms with van der Waals surface area (Å²) in [4.78, 5) is 0. The van der Waals surface area contributed by atoms with Gasteiger partial charge in [0.25, 0.3) is 0 Å². The lowest BCUT2D eigenvalue weighted by Crippen LogP contribution is -2.09. The molecule has 3 heteroatoms. The zero-order valence-electron chi connectivity index (χ0n) is 7.60. The van der Waals surface area contributed by atoms with Gasteiger partial charge in [0.15, 0.2) is 0 Å². The van der Waals surface area contributed by atoms with E-state index in [1.165, 1.54) is 0 Å². The number of ether oxygens (including phenoxy) is 1. The molecule has 0 aromatic heterocycles. The molecule has 1 rings (SSSR count). The number of rotatable bonds is 3. The van der Waals surface area contributed by atoms with E-state index in [4.69, 9.17) is 27.9 Å². The van der Waals surface area contributed by atoms with Gasteiger partial charge in [0.2, 0.25) is 0 Å². The van der Waals surface area contributed by atoms with Crippen molar-refractivity contribution in [2.45, 2.75) is 26.4 Å². The van der Waals surface area contributed by atoms with Gasteiger partial charge in [-0.3, -0.25) is 0 Å². The first-order valence-electron chi connectivity index (χ1n) is 4.17. The second-order valence-corrected chi connectivity index (χ2v) is 3.56. The van der Waals surface area contributed by atoms with E-state index in [1.807, 2.05) is 6.92 Å². The highest BCUT2D eigenvalue weighted by molar-refractivity contribution is 6.42. The standard InChI is InChI=1S/C10H11Cl2O/c1-3-7(2)13-9-6-4-5-8(11)10(9)12/h4,6-7H,3H2,1-2H3. The third kappa shape index (κ3) is 2.78.